The summed E-state index contributed by atoms with van der Waals surface area (Å²) < 4.78 is 0.978. The van der Waals surface area contributed by atoms with Crippen LogP contribution in [0.3, 0.4) is 0 Å². The first-order valence-corrected chi connectivity index (χ1v) is 5.69. The fourth-order valence-corrected chi connectivity index (χ4v) is 1.95. The maximum atomic E-state index is 12.1. The van der Waals surface area contributed by atoms with Crippen LogP contribution >= 0.6 is 0 Å². The average Bonchev–Trinajstić information content (AvgIpc) is 2.29. The predicted octanol–water partition coefficient (Wildman–Crippen LogP) is 2.28. The molecule has 1 heterocycles. The van der Waals surface area contributed by atoms with Gasteiger partial charge in [-0.1, -0.05) is 30.3 Å². The Kier molecular flexibility index (Phi) is 2.92. The van der Waals surface area contributed by atoms with E-state index in [1.807, 2.05) is 30.3 Å². The highest BCUT2D eigenvalue weighted by Gasteiger charge is 2.23. The van der Waals surface area contributed by atoms with Crippen molar-refractivity contribution in [2.24, 2.45) is 0 Å². The Morgan fingerprint density at radius 2 is 1.88 bits per heavy atom. The zero-order valence-corrected chi connectivity index (χ0v) is 9.94. The molecule has 0 N–H and O–H groups in total. The van der Waals surface area contributed by atoms with E-state index in [1.54, 1.807) is 0 Å². The van der Waals surface area contributed by atoms with Crippen LogP contribution in [-0.2, 0) is 0 Å². The number of quaternary nitrogens is 1. The minimum Gasteiger partial charge on any atom is -0.325 e. The first-order valence-electron chi connectivity index (χ1n) is 5.69. The first-order chi connectivity index (χ1) is 7.58. The normalized spacial score (nSPS) is 19.0. The second-order valence-electron chi connectivity index (χ2n) is 5.02. The molecule has 0 atom stereocenters. The van der Waals surface area contributed by atoms with Gasteiger partial charge < -0.3 is 4.48 Å². The van der Waals surface area contributed by atoms with Crippen molar-refractivity contribution in [1.29, 1.82) is 0 Å². The number of likely N-dealkylation sites (N-methyl/N-ethyl adjacent to an activating group) is 1. The molecule has 0 radical (unpaired) electrons. The third-order valence-corrected chi connectivity index (χ3v) is 3.15. The van der Waals surface area contributed by atoms with Crippen molar-refractivity contribution < 1.29 is 9.28 Å². The van der Waals surface area contributed by atoms with Crippen LogP contribution in [0, 0.1) is 0 Å². The molecule has 1 aromatic carbocycles. The molecule has 1 aromatic rings. The summed E-state index contributed by atoms with van der Waals surface area (Å²) in [6.45, 7) is 2.00. The molecule has 0 saturated carbocycles. The first kappa shape index (κ1) is 11.1. The van der Waals surface area contributed by atoms with Crippen LogP contribution in [0.25, 0.3) is 0 Å². The number of hydrogen-bond donors (Lipinski definition) is 0. The lowest BCUT2D eigenvalue weighted by atomic mass is 9.97. The number of carbonyl (C=O) groups is 1. The monoisotopic (exact) mass is 216 g/mol. The molecule has 1 aliphatic rings. The van der Waals surface area contributed by atoms with E-state index in [2.05, 4.69) is 20.2 Å². The van der Waals surface area contributed by atoms with Crippen molar-refractivity contribution >= 4 is 5.78 Å². The molecule has 2 heteroatoms. The summed E-state index contributed by atoms with van der Waals surface area (Å²) in [6.07, 6.45) is 2.99. The molecule has 1 aliphatic heterocycles. The number of nitrogens with zero attached hydrogens (tertiary/aromatic N) is 1. The van der Waals surface area contributed by atoms with E-state index in [1.165, 1.54) is 0 Å². The number of benzene rings is 1. The Balaban J connectivity index is 2.16. The molecule has 0 aromatic heterocycles. The van der Waals surface area contributed by atoms with Gasteiger partial charge in [-0.2, -0.15) is 0 Å². The minimum absolute atomic E-state index is 0.195. The second kappa shape index (κ2) is 4.22. The van der Waals surface area contributed by atoms with Gasteiger partial charge in [0.05, 0.1) is 27.2 Å². The number of rotatable bonds is 2. The Hall–Kier alpha value is -1.41. The molecule has 2 nitrogen and oxygen atoms in total. The molecule has 2 rings (SSSR count). The summed E-state index contributed by atoms with van der Waals surface area (Å²) in [7, 11) is 4.39. The van der Waals surface area contributed by atoms with Crippen molar-refractivity contribution in [3.63, 3.8) is 0 Å². The summed E-state index contributed by atoms with van der Waals surface area (Å²) in [5.74, 6) is 0.195. The smallest absolute Gasteiger partial charge is 0.189 e. The van der Waals surface area contributed by atoms with E-state index in [0.717, 1.165) is 35.1 Å². The fourth-order valence-electron chi connectivity index (χ4n) is 1.95. The maximum Gasteiger partial charge on any atom is 0.189 e. The standard InChI is InChI=1S/C14H18NO/c1-15(2)10-8-13(9-11-15)14(16)12-6-4-3-5-7-12/h3-8H,9-11H2,1-2H3/q+1. The summed E-state index contributed by atoms with van der Waals surface area (Å²) in [5, 5.41) is 0. The Morgan fingerprint density at radius 3 is 2.44 bits per heavy atom. The Morgan fingerprint density at radius 1 is 1.19 bits per heavy atom. The third-order valence-electron chi connectivity index (χ3n) is 3.15. The Bertz CT molecular complexity index is 418. The number of hydrogen-bond acceptors (Lipinski definition) is 1. The summed E-state index contributed by atoms with van der Waals surface area (Å²) in [4.78, 5) is 12.1. The molecule has 16 heavy (non-hydrogen) atoms. The van der Waals surface area contributed by atoms with Crippen LogP contribution < -0.4 is 0 Å². The molecule has 0 unspecified atom stereocenters. The number of Topliss-reactive ketones (excluding diaryl/α,β-unsaturated/α-hetero) is 1. The molecule has 0 saturated heterocycles. The van der Waals surface area contributed by atoms with Crippen LogP contribution in [0.4, 0.5) is 0 Å². The lowest BCUT2D eigenvalue weighted by Crippen LogP contribution is -2.43. The van der Waals surface area contributed by atoms with Gasteiger partial charge in [0.15, 0.2) is 5.78 Å². The lowest BCUT2D eigenvalue weighted by molar-refractivity contribution is -0.885. The van der Waals surface area contributed by atoms with Crippen molar-refractivity contribution in [3.05, 3.63) is 47.5 Å². The highest BCUT2D eigenvalue weighted by atomic mass is 16.1. The highest BCUT2D eigenvalue weighted by Crippen LogP contribution is 2.18. The van der Waals surface area contributed by atoms with E-state index in [0.29, 0.717) is 0 Å². The van der Waals surface area contributed by atoms with Crippen LogP contribution in [0.5, 0.6) is 0 Å². The van der Waals surface area contributed by atoms with E-state index >= 15 is 0 Å². The molecule has 84 valence electrons. The topological polar surface area (TPSA) is 17.1 Å². The van der Waals surface area contributed by atoms with E-state index in [-0.39, 0.29) is 5.78 Å². The maximum absolute atomic E-state index is 12.1. The van der Waals surface area contributed by atoms with Gasteiger partial charge >= 0.3 is 0 Å². The van der Waals surface area contributed by atoms with Gasteiger partial charge in [-0.05, 0) is 6.08 Å². The average molecular weight is 216 g/mol. The van der Waals surface area contributed by atoms with Crippen molar-refractivity contribution in [3.8, 4) is 0 Å². The molecule has 0 spiro atoms. The Labute approximate surface area is 96.8 Å². The van der Waals surface area contributed by atoms with E-state index in [9.17, 15) is 4.79 Å². The molecular weight excluding hydrogens is 198 g/mol. The molecular formula is C14H18NO+. The van der Waals surface area contributed by atoms with Crippen molar-refractivity contribution in [2.75, 3.05) is 27.2 Å². The van der Waals surface area contributed by atoms with Crippen LogP contribution in [-0.4, -0.2) is 37.5 Å². The largest absolute Gasteiger partial charge is 0.325 e. The third kappa shape index (κ3) is 2.39. The van der Waals surface area contributed by atoms with Crippen molar-refractivity contribution in [1.82, 2.24) is 0 Å². The highest BCUT2D eigenvalue weighted by molar-refractivity contribution is 6.08. The zero-order valence-electron chi connectivity index (χ0n) is 9.94. The van der Waals surface area contributed by atoms with Gasteiger partial charge in [0.1, 0.15) is 0 Å². The molecule has 0 amide bonds. The van der Waals surface area contributed by atoms with Gasteiger partial charge in [-0.25, -0.2) is 0 Å². The van der Waals surface area contributed by atoms with E-state index < -0.39 is 0 Å². The summed E-state index contributed by atoms with van der Waals surface area (Å²) >= 11 is 0. The second-order valence-corrected chi connectivity index (χ2v) is 5.02. The zero-order chi connectivity index (χ0) is 11.6. The lowest BCUT2D eigenvalue weighted by Gasteiger charge is -2.32. The number of carbonyl (C=O) groups excluding carboxylic acids is 1. The summed E-state index contributed by atoms with van der Waals surface area (Å²) in [5.41, 5.74) is 1.78. The molecule has 0 bridgehead atoms. The SMILES string of the molecule is C[N+]1(C)CC=C(C(=O)c2ccccc2)CC1. The quantitative estimate of drug-likeness (QED) is 0.547. The van der Waals surface area contributed by atoms with Crippen molar-refractivity contribution in [2.45, 2.75) is 6.42 Å². The summed E-state index contributed by atoms with van der Waals surface area (Å²) in [6, 6.07) is 9.54. The van der Waals surface area contributed by atoms with Gasteiger partial charge in [0.2, 0.25) is 0 Å². The van der Waals surface area contributed by atoms with Gasteiger partial charge in [-0.3, -0.25) is 4.79 Å². The fraction of sp³-hybridized carbons (Fsp3) is 0.357. The minimum atomic E-state index is 0.195. The molecule has 0 fully saturated rings. The molecule has 0 aliphatic carbocycles. The van der Waals surface area contributed by atoms with Gasteiger partial charge in [-0.15, -0.1) is 0 Å². The van der Waals surface area contributed by atoms with Gasteiger partial charge in [0, 0.05) is 17.6 Å². The van der Waals surface area contributed by atoms with Gasteiger partial charge in [0.25, 0.3) is 0 Å². The van der Waals surface area contributed by atoms with E-state index in [4.69, 9.17) is 0 Å². The van der Waals surface area contributed by atoms with Crippen LogP contribution in [0.1, 0.15) is 16.8 Å². The van der Waals surface area contributed by atoms with Crippen LogP contribution in [0.15, 0.2) is 42.0 Å². The predicted molar refractivity (Wildman–Crippen MR) is 65.3 cm³/mol. The number of ketones is 1. The van der Waals surface area contributed by atoms with Crippen LogP contribution in [0.2, 0.25) is 0 Å².